The fourth-order valence-corrected chi connectivity index (χ4v) is 1.61. The van der Waals surface area contributed by atoms with Gasteiger partial charge in [0.1, 0.15) is 5.75 Å². The molecular formula is C11H13NO2. The summed E-state index contributed by atoms with van der Waals surface area (Å²) >= 11 is 0. The van der Waals surface area contributed by atoms with E-state index in [1.807, 2.05) is 24.3 Å². The number of fused-ring (bicyclic) bond motifs is 1. The molecule has 0 aliphatic carbocycles. The molecule has 3 heteroatoms. The molecule has 1 aliphatic rings. The van der Waals surface area contributed by atoms with Gasteiger partial charge in [-0.2, -0.15) is 0 Å². The van der Waals surface area contributed by atoms with Gasteiger partial charge in [-0.25, -0.2) is 0 Å². The van der Waals surface area contributed by atoms with Crippen molar-refractivity contribution < 1.29 is 9.53 Å². The standard InChI is InChI=1S/C11H13NO2/c1-12(2)11(13)10-7-8-5-3-4-6-9(8)14-10/h3-6,10H,7H2,1-2H3. The first-order valence-electron chi connectivity index (χ1n) is 4.64. The van der Waals surface area contributed by atoms with Crippen molar-refractivity contribution in [2.75, 3.05) is 14.1 Å². The molecule has 0 saturated heterocycles. The number of amides is 1. The smallest absolute Gasteiger partial charge is 0.263 e. The topological polar surface area (TPSA) is 29.5 Å². The zero-order valence-electron chi connectivity index (χ0n) is 8.36. The molecule has 3 nitrogen and oxygen atoms in total. The van der Waals surface area contributed by atoms with Crippen molar-refractivity contribution in [1.29, 1.82) is 0 Å². The van der Waals surface area contributed by atoms with Crippen LogP contribution in [0.5, 0.6) is 5.75 Å². The summed E-state index contributed by atoms with van der Waals surface area (Å²) in [6.07, 6.45) is 0.357. The lowest BCUT2D eigenvalue weighted by atomic mass is 10.1. The number of nitrogens with zero attached hydrogens (tertiary/aromatic N) is 1. The molecule has 74 valence electrons. The molecule has 1 atom stereocenters. The maximum atomic E-state index is 11.6. The number of benzene rings is 1. The summed E-state index contributed by atoms with van der Waals surface area (Å²) in [7, 11) is 3.49. The van der Waals surface area contributed by atoms with Crippen LogP contribution in [0, 0.1) is 0 Å². The lowest BCUT2D eigenvalue weighted by molar-refractivity contribution is -0.135. The van der Waals surface area contributed by atoms with Crippen molar-refractivity contribution in [2.45, 2.75) is 12.5 Å². The van der Waals surface area contributed by atoms with Crippen molar-refractivity contribution >= 4 is 5.91 Å². The molecule has 0 spiro atoms. The van der Waals surface area contributed by atoms with Crippen molar-refractivity contribution in [3.05, 3.63) is 29.8 Å². The van der Waals surface area contributed by atoms with Gasteiger partial charge in [0, 0.05) is 20.5 Å². The van der Waals surface area contributed by atoms with E-state index in [2.05, 4.69) is 0 Å². The van der Waals surface area contributed by atoms with Crippen LogP contribution in [0.4, 0.5) is 0 Å². The molecule has 1 aliphatic heterocycles. The zero-order valence-corrected chi connectivity index (χ0v) is 8.36. The van der Waals surface area contributed by atoms with Gasteiger partial charge in [0.05, 0.1) is 0 Å². The van der Waals surface area contributed by atoms with E-state index in [9.17, 15) is 4.79 Å². The normalized spacial score (nSPS) is 18.6. The number of para-hydroxylation sites is 1. The fourth-order valence-electron chi connectivity index (χ4n) is 1.61. The first-order valence-corrected chi connectivity index (χ1v) is 4.64. The van der Waals surface area contributed by atoms with Gasteiger partial charge >= 0.3 is 0 Å². The minimum absolute atomic E-state index is 0.0289. The van der Waals surface area contributed by atoms with Crippen molar-refractivity contribution in [3.63, 3.8) is 0 Å². The predicted octanol–water partition coefficient (Wildman–Crippen LogP) is 1.08. The Balaban J connectivity index is 2.16. The van der Waals surface area contributed by atoms with E-state index in [-0.39, 0.29) is 12.0 Å². The third-order valence-corrected chi connectivity index (χ3v) is 2.36. The lowest BCUT2D eigenvalue weighted by Gasteiger charge is -2.15. The molecule has 1 heterocycles. The van der Waals surface area contributed by atoms with Crippen LogP contribution in [-0.4, -0.2) is 31.0 Å². The number of carbonyl (C=O) groups excluding carboxylic acids is 1. The van der Waals surface area contributed by atoms with Crippen molar-refractivity contribution in [2.24, 2.45) is 0 Å². The van der Waals surface area contributed by atoms with E-state index in [1.165, 1.54) is 0 Å². The molecule has 1 amide bonds. The number of ether oxygens (including phenoxy) is 1. The summed E-state index contributed by atoms with van der Waals surface area (Å²) in [5.41, 5.74) is 1.12. The fraction of sp³-hybridized carbons (Fsp3) is 0.364. The Morgan fingerprint density at radius 2 is 2.14 bits per heavy atom. The molecule has 1 unspecified atom stereocenters. The van der Waals surface area contributed by atoms with Crippen LogP contribution in [0.25, 0.3) is 0 Å². The van der Waals surface area contributed by atoms with E-state index >= 15 is 0 Å². The van der Waals surface area contributed by atoms with Crippen LogP contribution in [0.1, 0.15) is 5.56 Å². The van der Waals surface area contributed by atoms with Crippen LogP contribution >= 0.6 is 0 Å². The highest BCUT2D eigenvalue weighted by Crippen LogP contribution is 2.28. The third-order valence-electron chi connectivity index (χ3n) is 2.36. The largest absolute Gasteiger partial charge is 0.480 e. The molecule has 0 radical (unpaired) electrons. The first kappa shape index (κ1) is 9.06. The summed E-state index contributed by atoms with van der Waals surface area (Å²) in [5, 5.41) is 0. The molecule has 0 saturated carbocycles. The summed E-state index contributed by atoms with van der Waals surface area (Å²) in [5.74, 6) is 0.869. The van der Waals surface area contributed by atoms with Crippen LogP contribution in [0.2, 0.25) is 0 Å². The maximum Gasteiger partial charge on any atom is 0.263 e. The summed E-state index contributed by atoms with van der Waals surface area (Å²) in [6.45, 7) is 0. The van der Waals surface area contributed by atoms with E-state index in [0.717, 1.165) is 11.3 Å². The second-order valence-electron chi connectivity index (χ2n) is 3.65. The maximum absolute atomic E-state index is 11.6. The third kappa shape index (κ3) is 1.45. The molecule has 14 heavy (non-hydrogen) atoms. The van der Waals surface area contributed by atoms with E-state index in [1.54, 1.807) is 19.0 Å². The summed E-state index contributed by atoms with van der Waals surface area (Å²) in [4.78, 5) is 13.2. The van der Waals surface area contributed by atoms with Gasteiger partial charge in [-0.1, -0.05) is 18.2 Å². The molecule has 0 aromatic heterocycles. The van der Waals surface area contributed by atoms with E-state index < -0.39 is 0 Å². The SMILES string of the molecule is CN(C)C(=O)C1Cc2ccccc2O1. The van der Waals surface area contributed by atoms with Gasteiger partial charge in [-0.3, -0.25) is 4.79 Å². The van der Waals surface area contributed by atoms with Gasteiger partial charge in [-0.15, -0.1) is 0 Å². The highest BCUT2D eigenvalue weighted by atomic mass is 16.5. The van der Waals surface area contributed by atoms with Gasteiger partial charge in [0.2, 0.25) is 0 Å². The molecule has 1 aromatic rings. The lowest BCUT2D eigenvalue weighted by Crippen LogP contribution is -2.36. The Labute approximate surface area is 83.3 Å². The van der Waals surface area contributed by atoms with Crippen molar-refractivity contribution in [3.8, 4) is 5.75 Å². The quantitative estimate of drug-likeness (QED) is 0.664. The number of likely N-dealkylation sites (N-methyl/N-ethyl adjacent to an activating group) is 1. The van der Waals surface area contributed by atoms with Crippen LogP contribution in [-0.2, 0) is 11.2 Å². The van der Waals surface area contributed by atoms with Crippen LogP contribution < -0.4 is 4.74 Å². The Hall–Kier alpha value is -1.51. The molecule has 2 rings (SSSR count). The highest BCUT2D eigenvalue weighted by molar-refractivity contribution is 5.82. The minimum Gasteiger partial charge on any atom is -0.480 e. The molecule has 0 N–H and O–H groups in total. The average molecular weight is 191 g/mol. The number of hydrogen-bond acceptors (Lipinski definition) is 2. The second-order valence-corrected chi connectivity index (χ2v) is 3.65. The van der Waals surface area contributed by atoms with Gasteiger partial charge < -0.3 is 9.64 Å². The second kappa shape index (κ2) is 3.33. The Kier molecular flexibility index (Phi) is 2.15. The Morgan fingerprint density at radius 3 is 2.79 bits per heavy atom. The summed E-state index contributed by atoms with van der Waals surface area (Å²) in [6, 6.07) is 7.78. The Morgan fingerprint density at radius 1 is 1.43 bits per heavy atom. The first-order chi connectivity index (χ1) is 6.68. The molecular weight excluding hydrogens is 178 g/mol. The van der Waals surface area contributed by atoms with Gasteiger partial charge in [0.25, 0.3) is 5.91 Å². The van der Waals surface area contributed by atoms with Crippen LogP contribution in [0.15, 0.2) is 24.3 Å². The summed E-state index contributed by atoms with van der Waals surface area (Å²) < 4.78 is 5.54. The average Bonchev–Trinajstić information content (AvgIpc) is 2.59. The number of hydrogen-bond donors (Lipinski definition) is 0. The predicted molar refractivity (Wildman–Crippen MR) is 53.3 cm³/mol. The number of rotatable bonds is 1. The van der Waals surface area contributed by atoms with Crippen molar-refractivity contribution in [1.82, 2.24) is 4.90 Å². The molecule has 0 fully saturated rings. The van der Waals surface area contributed by atoms with Crippen LogP contribution in [0.3, 0.4) is 0 Å². The molecule has 1 aromatic carbocycles. The van der Waals surface area contributed by atoms with E-state index in [4.69, 9.17) is 4.74 Å². The van der Waals surface area contributed by atoms with Gasteiger partial charge in [0.15, 0.2) is 6.10 Å². The Bertz CT molecular complexity index is 335. The van der Waals surface area contributed by atoms with E-state index in [0.29, 0.717) is 6.42 Å². The minimum atomic E-state index is -0.331. The van der Waals surface area contributed by atoms with Gasteiger partial charge in [-0.05, 0) is 11.6 Å². The monoisotopic (exact) mass is 191 g/mol. The highest BCUT2D eigenvalue weighted by Gasteiger charge is 2.29. The molecule has 0 bridgehead atoms. The number of carbonyl (C=O) groups is 1. The zero-order chi connectivity index (χ0) is 10.1.